The zero-order valence-corrected chi connectivity index (χ0v) is 3.45. The molecule has 1 aliphatic rings. The van der Waals surface area contributed by atoms with E-state index >= 15 is 0 Å². The number of rotatable bonds is 0. The first kappa shape index (κ1) is 3.40. The Morgan fingerprint density at radius 2 is 1.80 bits per heavy atom. The van der Waals surface area contributed by atoms with E-state index in [2.05, 4.69) is 9.78 Å². The Kier molecular flexibility index (Phi) is 0.438. The Morgan fingerprint density at radius 1 is 1.60 bits per heavy atom. The molecule has 0 aromatic rings. The van der Waals surface area contributed by atoms with Crippen LogP contribution in [0, 0.1) is 0 Å². The van der Waals surface area contributed by atoms with E-state index in [0.29, 0.717) is 0 Å². The van der Waals surface area contributed by atoms with Gasteiger partial charge in [0.1, 0.15) is 0 Å². The van der Waals surface area contributed by atoms with Crippen molar-refractivity contribution < 1.29 is 9.78 Å². The van der Waals surface area contributed by atoms with Crippen LogP contribution >= 0.6 is 11.6 Å². The van der Waals surface area contributed by atoms with E-state index in [1.807, 2.05) is 0 Å². The van der Waals surface area contributed by atoms with Gasteiger partial charge in [-0.1, -0.05) is 11.6 Å². The van der Waals surface area contributed by atoms with Crippen LogP contribution < -0.4 is 0 Å². The van der Waals surface area contributed by atoms with Crippen molar-refractivity contribution in [3.8, 4) is 0 Å². The van der Waals surface area contributed by atoms with E-state index in [4.69, 9.17) is 11.6 Å². The van der Waals surface area contributed by atoms with E-state index in [1.54, 1.807) is 6.92 Å². The van der Waals surface area contributed by atoms with Gasteiger partial charge in [-0.2, -0.15) is 9.78 Å². The molecule has 30 valence electrons. The third-order valence-electron chi connectivity index (χ3n) is 0.313. The lowest BCUT2D eigenvalue weighted by Crippen LogP contribution is -1.83. The van der Waals surface area contributed by atoms with Crippen molar-refractivity contribution in [2.24, 2.45) is 0 Å². The quantitative estimate of drug-likeness (QED) is 0.253. The van der Waals surface area contributed by atoms with Gasteiger partial charge in [0.2, 0.25) is 0 Å². The van der Waals surface area contributed by atoms with E-state index in [-0.39, 0.29) is 0 Å². The van der Waals surface area contributed by atoms with E-state index in [9.17, 15) is 0 Å². The fourth-order valence-electron chi connectivity index (χ4n) is 0.0574. The lowest BCUT2D eigenvalue weighted by molar-refractivity contribution is 0.0850. The molecule has 0 aromatic heterocycles. The molecule has 2 nitrogen and oxygen atoms in total. The molecule has 0 spiro atoms. The third kappa shape index (κ3) is 0.758. The third-order valence-corrected chi connectivity index (χ3v) is 0.439. The summed E-state index contributed by atoms with van der Waals surface area (Å²) in [4.78, 5) is 8.32. The van der Waals surface area contributed by atoms with Crippen LogP contribution in [0.5, 0.6) is 0 Å². The van der Waals surface area contributed by atoms with E-state index in [1.165, 1.54) is 0 Å². The van der Waals surface area contributed by atoms with Gasteiger partial charge in [0.25, 0.3) is 0 Å². The van der Waals surface area contributed by atoms with E-state index < -0.39 is 5.25 Å². The molecule has 0 N–H and O–H groups in total. The maximum absolute atomic E-state index is 5.20. The first-order valence-electron chi connectivity index (χ1n) is 1.26. The summed E-state index contributed by atoms with van der Waals surface area (Å²) in [5.41, 5.74) is 0. The highest BCUT2D eigenvalue weighted by molar-refractivity contribution is 6.22. The van der Waals surface area contributed by atoms with Crippen LogP contribution in [0.25, 0.3) is 0 Å². The van der Waals surface area contributed by atoms with Crippen LogP contribution in [0.15, 0.2) is 0 Å². The summed E-state index contributed by atoms with van der Waals surface area (Å²) < 4.78 is 0. The first-order chi connectivity index (χ1) is 2.21. The zero-order chi connectivity index (χ0) is 3.91. The second kappa shape index (κ2) is 0.644. The fraction of sp³-hybridized carbons (Fsp3) is 1.00. The van der Waals surface area contributed by atoms with Gasteiger partial charge in [0.15, 0.2) is 0 Å². The molecule has 0 radical (unpaired) electrons. The highest BCUT2D eigenvalue weighted by Crippen LogP contribution is 2.32. The monoisotopic (exact) mass is 94.0 g/mol. The molecule has 3 heteroatoms. The molecule has 1 aliphatic heterocycles. The van der Waals surface area contributed by atoms with Gasteiger partial charge in [-0.25, -0.2) is 0 Å². The number of hydrogen-bond acceptors (Lipinski definition) is 2. The standard InChI is InChI=1S/C2H3ClO2/c1-2(3)4-5-2/h1H3. The van der Waals surface area contributed by atoms with Gasteiger partial charge in [0, 0.05) is 6.92 Å². The normalized spacial score (nSPS) is 30.0. The summed E-state index contributed by atoms with van der Waals surface area (Å²) in [6.45, 7) is 1.62. The number of halogens is 1. The lowest BCUT2D eigenvalue weighted by Gasteiger charge is -1.69. The maximum Gasteiger partial charge on any atom is 0.304 e. The zero-order valence-electron chi connectivity index (χ0n) is 2.69. The predicted octanol–water partition coefficient (Wildman–Crippen LogP) is 0.861. The van der Waals surface area contributed by atoms with Gasteiger partial charge in [-0.15, -0.1) is 0 Å². The molecule has 0 saturated carbocycles. The van der Waals surface area contributed by atoms with Gasteiger partial charge in [-0.3, -0.25) is 0 Å². The predicted molar refractivity (Wildman–Crippen MR) is 16.4 cm³/mol. The smallest absolute Gasteiger partial charge is 0.177 e. The summed E-state index contributed by atoms with van der Waals surface area (Å²) in [5, 5.41) is -0.778. The van der Waals surface area contributed by atoms with Gasteiger partial charge < -0.3 is 0 Å². The minimum Gasteiger partial charge on any atom is -0.177 e. The van der Waals surface area contributed by atoms with Crippen molar-refractivity contribution in [1.82, 2.24) is 0 Å². The van der Waals surface area contributed by atoms with Crippen LogP contribution in [-0.4, -0.2) is 5.25 Å². The molecule has 1 fully saturated rings. The topological polar surface area (TPSA) is 25.1 Å². The summed E-state index contributed by atoms with van der Waals surface area (Å²) >= 11 is 5.20. The van der Waals surface area contributed by atoms with Crippen LogP contribution in [-0.2, 0) is 9.78 Å². The van der Waals surface area contributed by atoms with Crippen molar-refractivity contribution in [2.75, 3.05) is 0 Å². The second-order valence-corrected chi connectivity index (χ2v) is 1.69. The molecule has 5 heavy (non-hydrogen) atoms. The summed E-state index contributed by atoms with van der Waals surface area (Å²) in [6, 6.07) is 0. The van der Waals surface area contributed by atoms with Crippen molar-refractivity contribution in [1.29, 1.82) is 0 Å². The maximum atomic E-state index is 5.20. The molecule has 0 amide bonds. The minimum atomic E-state index is -0.778. The molecule has 1 rings (SSSR count). The minimum absolute atomic E-state index is 0.778. The Labute approximate surface area is 34.6 Å². The van der Waals surface area contributed by atoms with Crippen LogP contribution in [0.1, 0.15) is 6.92 Å². The SMILES string of the molecule is CC1(Cl)OO1. The van der Waals surface area contributed by atoms with Crippen molar-refractivity contribution in [2.45, 2.75) is 12.2 Å². The molecule has 1 heterocycles. The van der Waals surface area contributed by atoms with Crippen molar-refractivity contribution >= 4 is 11.6 Å². The lowest BCUT2D eigenvalue weighted by atomic mass is 10.8. The molecule has 0 atom stereocenters. The van der Waals surface area contributed by atoms with Crippen molar-refractivity contribution in [3.63, 3.8) is 0 Å². The fourth-order valence-corrected chi connectivity index (χ4v) is 0.0889. The average molecular weight is 94.5 g/mol. The molecule has 1 saturated heterocycles. The summed E-state index contributed by atoms with van der Waals surface area (Å²) in [5.74, 6) is 0. The Balaban J connectivity index is 2.38. The largest absolute Gasteiger partial charge is 0.304 e. The highest BCUT2D eigenvalue weighted by atomic mass is 35.5. The molecular formula is C2H3ClO2. The molecular weight excluding hydrogens is 91.5 g/mol. The molecule has 0 aliphatic carbocycles. The van der Waals surface area contributed by atoms with Crippen LogP contribution in [0.2, 0.25) is 0 Å². The summed E-state index contributed by atoms with van der Waals surface area (Å²) in [6.07, 6.45) is 0. The Bertz CT molecular complexity index is 45.6. The molecule has 0 unspecified atom stereocenters. The van der Waals surface area contributed by atoms with Crippen LogP contribution in [0.3, 0.4) is 0 Å². The molecule has 0 bridgehead atoms. The summed E-state index contributed by atoms with van der Waals surface area (Å²) in [7, 11) is 0. The van der Waals surface area contributed by atoms with Gasteiger partial charge in [0.05, 0.1) is 0 Å². The van der Waals surface area contributed by atoms with Gasteiger partial charge in [-0.05, 0) is 0 Å². The Morgan fingerprint density at radius 3 is 1.80 bits per heavy atom. The van der Waals surface area contributed by atoms with Crippen LogP contribution in [0.4, 0.5) is 0 Å². The number of hydrogen-bond donors (Lipinski definition) is 0. The number of alkyl halides is 1. The van der Waals surface area contributed by atoms with E-state index in [0.717, 1.165) is 0 Å². The Hall–Kier alpha value is 0.210. The van der Waals surface area contributed by atoms with Gasteiger partial charge >= 0.3 is 5.25 Å². The van der Waals surface area contributed by atoms with Crippen molar-refractivity contribution in [3.05, 3.63) is 0 Å². The average Bonchev–Trinajstić information content (AvgIpc) is 1.76. The first-order valence-corrected chi connectivity index (χ1v) is 1.64. The second-order valence-electron chi connectivity index (χ2n) is 1.00. The molecule has 0 aromatic carbocycles. The highest BCUT2D eigenvalue weighted by Gasteiger charge is 2.40.